The first-order valence-corrected chi connectivity index (χ1v) is 8.70. The molecule has 1 aliphatic rings. The van der Waals surface area contributed by atoms with Gasteiger partial charge in [0.15, 0.2) is 0 Å². The predicted molar refractivity (Wildman–Crippen MR) is 91.9 cm³/mol. The third-order valence-corrected chi connectivity index (χ3v) is 4.47. The molecule has 1 aromatic carbocycles. The first-order valence-electron chi connectivity index (χ1n) is 8.70. The summed E-state index contributed by atoms with van der Waals surface area (Å²) in [6.45, 7) is 3.75. The molecule has 1 atom stereocenters. The number of ketones is 1. The highest BCUT2D eigenvalue weighted by atomic mass is 16.5. The minimum atomic E-state index is -0.801. The molecule has 0 aliphatic carbocycles. The van der Waals surface area contributed by atoms with Crippen molar-refractivity contribution >= 4 is 11.8 Å². The number of carbonyl (C=O) groups excluding carboxylic acids is 1. The van der Waals surface area contributed by atoms with E-state index in [1.54, 1.807) is 6.92 Å². The fraction of sp³-hybridized carbons (Fsp3) is 0.579. The van der Waals surface area contributed by atoms with Crippen LogP contribution in [0.1, 0.15) is 50.6 Å². The van der Waals surface area contributed by atoms with Gasteiger partial charge in [-0.25, -0.2) is 0 Å². The molecular formula is C19H27NO4. The van der Waals surface area contributed by atoms with E-state index >= 15 is 0 Å². The van der Waals surface area contributed by atoms with Crippen molar-refractivity contribution in [3.05, 3.63) is 35.9 Å². The minimum Gasteiger partial charge on any atom is -0.480 e. The maximum absolute atomic E-state index is 11.7. The van der Waals surface area contributed by atoms with Gasteiger partial charge in [-0.05, 0) is 38.2 Å². The molecule has 0 spiro atoms. The number of benzene rings is 1. The quantitative estimate of drug-likeness (QED) is 0.704. The summed E-state index contributed by atoms with van der Waals surface area (Å²) in [5.74, 6) is -0.575. The second-order valence-corrected chi connectivity index (χ2v) is 6.42. The lowest BCUT2D eigenvalue weighted by atomic mass is 10.0. The molecule has 5 nitrogen and oxygen atoms in total. The summed E-state index contributed by atoms with van der Waals surface area (Å²) in [4.78, 5) is 24.6. The molecular weight excluding hydrogens is 306 g/mol. The summed E-state index contributed by atoms with van der Waals surface area (Å²) in [7, 11) is 0. The zero-order chi connectivity index (χ0) is 17.4. The molecule has 0 saturated carbocycles. The van der Waals surface area contributed by atoms with E-state index < -0.39 is 12.0 Å². The van der Waals surface area contributed by atoms with Crippen LogP contribution >= 0.6 is 0 Å². The van der Waals surface area contributed by atoms with Crippen LogP contribution in [0, 0.1) is 0 Å². The largest absolute Gasteiger partial charge is 0.480 e. The Morgan fingerprint density at radius 2 is 1.88 bits per heavy atom. The van der Waals surface area contributed by atoms with Gasteiger partial charge in [0.2, 0.25) is 0 Å². The van der Waals surface area contributed by atoms with Crippen LogP contribution in [0.3, 0.4) is 0 Å². The number of rotatable bonds is 9. The Morgan fingerprint density at radius 3 is 2.46 bits per heavy atom. The molecule has 1 fully saturated rings. The van der Waals surface area contributed by atoms with Gasteiger partial charge in [0.05, 0.1) is 6.10 Å². The summed E-state index contributed by atoms with van der Waals surface area (Å²) in [5.41, 5.74) is 0.827. The van der Waals surface area contributed by atoms with Crippen LogP contribution in [0.4, 0.5) is 0 Å². The lowest BCUT2D eigenvalue weighted by Gasteiger charge is -2.35. The molecule has 0 aromatic heterocycles. The highest BCUT2D eigenvalue weighted by Crippen LogP contribution is 2.26. The third kappa shape index (κ3) is 5.73. The summed E-state index contributed by atoms with van der Waals surface area (Å²) >= 11 is 0. The van der Waals surface area contributed by atoms with E-state index in [1.165, 1.54) is 0 Å². The number of ether oxygens (including phenoxy) is 1. The van der Waals surface area contributed by atoms with Gasteiger partial charge in [-0.1, -0.05) is 30.3 Å². The van der Waals surface area contributed by atoms with Crippen LogP contribution in [-0.2, 0) is 14.3 Å². The smallest absolute Gasteiger partial charge is 0.325 e. The lowest BCUT2D eigenvalue weighted by Crippen LogP contribution is -2.42. The van der Waals surface area contributed by atoms with Crippen molar-refractivity contribution in [3.63, 3.8) is 0 Å². The van der Waals surface area contributed by atoms with Gasteiger partial charge >= 0.3 is 5.97 Å². The summed E-state index contributed by atoms with van der Waals surface area (Å²) in [6.07, 6.45) is 4.31. The van der Waals surface area contributed by atoms with E-state index in [0.717, 1.165) is 44.3 Å². The van der Waals surface area contributed by atoms with Gasteiger partial charge in [0, 0.05) is 26.1 Å². The molecule has 1 aromatic rings. The van der Waals surface area contributed by atoms with Gasteiger partial charge in [-0.2, -0.15) is 0 Å². The van der Waals surface area contributed by atoms with Crippen molar-refractivity contribution < 1.29 is 19.4 Å². The van der Waals surface area contributed by atoms with Crippen LogP contribution in [0.25, 0.3) is 0 Å². The van der Waals surface area contributed by atoms with Gasteiger partial charge < -0.3 is 14.6 Å². The fourth-order valence-corrected chi connectivity index (χ4v) is 3.17. The van der Waals surface area contributed by atoms with E-state index in [0.29, 0.717) is 13.0 Å². The number of likely N-dealkylation sites (tertiary alicyclic amines) is 1. The Labute approximate surface area is 143 Å². The van der Waals surface area contributed by atoms with Crippen molar-refractivity contribution in [1.29, 1.82) is 0 Å². The van der Waals surface area contributed by atoms with E-state index in [9.17, 15) is 14.7 Å². The van der Waals surface area contributed by atoms with Crippen LogP contribution in [0.5, 0.6) is 0 Å². The van der Waals surface area contributed by atoms with Crippen LogP contribution in [-0.4, -0.2) is 47.6 Å². The number of carboxylic acid groups (broad SMARTS) is 1. The Morgan fingerprint density at radius 1 is 1.21 bits per heavy atom. The predicted octanol–water partition coefficient (Wildman–Crippen LogP) is 3.05. The maximum Gasteiger partial charge on any atom is 0.325 e. The molecule has 1 saturated heterocycles. The van der Waals surface area contributed by atoms with Gasteiger partial charge in [0.25, 0.3) is 0 Å². The van der Waals surface area contributed by atoms with E-state index in [4.69, 9.17) is 4.74 Å². The summed E-state index contributed by atoms with van der Waals surface area (Å²) < 4.78 is 5.87. The number of nitrogens with zero attached hydrogens (tertiary/aromatic N) is 1. The SMILES string of the molecule is CC(=O)CCCCOC1CCN(C(C(=O)O)c2ccccc2)CC1. The Balaban J connectivity index is 1.76. The molecule has 1 N–H and O–H groups in total. The number of carbonyl (C=O) groups is 2. The normalized spacial score (nSPS) is 17.5. The fourth-order valence-electron chi connectivity index (χ4n) is 3.17. The molecule has 1 aliphatic heterocycles. The number of hydrogen-bond donors (Lipinski definition) is 1. The standard InChI is InChI=1S/C19H27NO4/c1-15(21)7-5-6-14-24-17-10-12-20(13-11-17)18(19(22)23)16-8-3-2-4-9-16/h2-4,8-9,17-18H,5-7,10-14H2,1H3,(H,22,23). The zero-order valence-electron chi connectivity index (χ0n) is 14.3. The zero-order valence-corrected chi connectivity index (χ0v) is 14.3. The first kappa shape index (κ1) is 18.6. The average molecular weight is 333 g/mol. The Bertz CT molecular complexity index is 523. The summed E-state index contributed by atoms with van der Waals surface area (Å²) in [6, 6.07) is 8.81. The lowest BCUT2D eigenvalue weighted by molar-refractivity contribution is -0.145. The van der Waals surface area contributed by atoms with E-state index in [-0.39, 0.29) is 11.9 Å². The van der Waals surface area contributed by atoms with Crippen molar-refractivity contribution in [2.45, 2.75) is 51.2 Å². The topological polar surface area (TPSA) is 66.8 Å². The molecule has 2 rings (SSSR count). The van der Waals surface area contributed by atoms with Crippen molar-refractivity contribution in [2.75, 3.05) is 19.7 Å². The number of aliphatic carboxylic acids is 1. The molecule has 1 heterocycles. The van der Waals surface area contributed by atoms with Crippen molar-refractivity contribution in [1.82, 2.24) is 4.90 Å². The van der Waals surface area contributed by atoms with Crippen LogP contribution in [0.2, 0.25) is 0 Å². The Kier molecular flexibility index (Phi) is 7.40. The van der Waals surface area contributed by atoms with Gasteiger partial charge in [-0.3, -0.25) is 9.69 Å². The first-order chi connectivity index (χ1) is 11.6. The van der Waals surface area contributed by atoms with Gasteiger partial charge in [0.1, 0.15) is 11.8 Å². The van der Waals surface area contributed by atoms with Gasteiger partial charge in [-0.15, -0.1) is 0 Å². The monoisotopic (exact) mass is 333 g/mol. The number of hydrogen-bond acceptors (Lipinski definition) is 4. The average Bonchev–Trinajstić information content (AvgIpc) is 2.56. The second kappa shape index (κ2) is 9.55. The van der Waals surface area contributed by atoms with E-state index in [2.05, 4.69) is 0 Å². The number of Topliss-reactive ketones (excluding diaryl/α,β-unsaturated/α-hetero) is 1. The molecule has 1 unspecified atom stereocenters. The van der Waals surface area contributed by atoms with Crippen molar-refractivity contribution in [3.8, 4) is 0 Å². The molecule has 0 amide bonds. The molecule has 5 heteroatoms. The Hall–Kier alpha value is -1.72. The minimum absolute atomic E-state index is 0.198. The molecule has 0 bridgehead atoms. The van der Waals surface area contributed by atoms with Crippen LogP contribution in [0.15, 0.2) is 30.3 Å². The second-order valence-electron chi connectivity index (χ2n) is 6.42. The molecule has 132 valence electrons. The van der Waals surface area contributed by atoms with E-state index in [1.807, 2.05) is 35.2 Å². The highest BCUT2D eigenvalue weighted by Gasteiger charge is 2.30. The molecule has 24 heavy (non-hydrogen) atoms. The van der Waals surface area contributed by atoms with Crippen LogP contribution < -0.4 is 0 Å². The molecule has 0 radical (unpaired) electrons. The van der Waals surface area contributed by atoms with Crippen molar-refractivity contribution in [2.24, 2.45) is 0 Å². The maximum atomic E-state index is 11.7. The third-order valence-electron chi connectivity index (χ3n) is 4.47. The summed E-state index contributed by atoms with van der Waals surface area (Å²) in [5, 5.41) is 9.59. The number of carboxylic acids is 1. The number of piperidine rings is 1. The highest BCUT2D eigenvalue weighted by molar-refractivity contribution is 5.75. The number of unbranched alkanes of at least 4 members (excludes halogenated alkanes) is 1.